The number of benzene rings is 1. The number of rotatable bonds is 3. The van der Waals surface area contributed by atoms with Gasteiger partial charge in [0.25, 0.3) is 5.78 Å². The van der Waals surface area contributed by atoms with Gasteiger partial charge in [0, 0.05) is 11.6 Å². The highest BCUT2D eigenvalue weighted by Gasteiger charge is 2.08. The predicted molar refractivity (Wildman–Crippen MR) is 82.5 cm³/mol. The fourth-order valence-electron chi connectivity index (χ4n) is 2.46. The highest BCUT2D eigenvalue weighted by molar-refractivity contribution is 6.17. The largest absolute Gasteiger partial charge is 0.352 e. The first-order valence-electron chi connectivity index (χ1n) is 6.68. The first kappa shape index (κ1) is 12.3. The van der Waals surface area contributed by atoms with Gasteiger partial charge in [-0.25, -0.2) is 4.98 Å². The quantitative estimate of drug-likeness (QED) is 0.591. The maximum Gasteiger partial charge on any atom is 0.252 e. The second-order valence-electron chi connectivity index (χ2n) is 4.85. The van der Waals surface area contributed by atoms with Crippen LogP contribution in [0, 0.1) is 0 Å². The Bertz CT molecular complexity index is 907. The van der Waals surface area contributed by atoms with Crippen LogP contribution < -0.4 is 0 Å². The van der Waals surface area contributed by atoms with Crippen molar-refractivity contribution >= 4 is 28.4 Å². The van der Waals surface area contributed by atoms with Crippen molar-refractivity contribution in [2.75, 3.05) is 5.88 Å². The van der Waals surface area contributed by atoms with Crippen molar-refractivity contribution < 1.29 is 0 Å². The Labute approximate surface area is 125 Å². The third-order valence-electron chi connectivity index (χ3n) is 3.54. The molecule has 0 bridgehead atoms. The van der Waals surface area contributed by atoms with Gasteiger partial charge in [-0.05, 0) is 23.6 Å². The summed E-state index contributed by atoms with van der Waals surface area (Å²) in [6.07, 6.45) is 4.18. The van der Waals surface area contributed by atoms with E-state index in [9.17, 15) is 0 Å². The standard InChI is InChI=1S/C15H12ClN5/c16-6-5-10-1-3-11(4-2-10)12-7-14-13(20-12)8-17-15-18-9-19-21(14)15/h1-4,7-9,20H,5-6H2. The maximum atomic E-state index is 5.76. The van der Waals surface area contributed by atoms with Crippen LogP contribution in [0.25, 0.3) is 28.1 Å². The zero-order chi connectivity index (χ0) is 14.2. The van der Waals surface area contributed by atoms with Crippen molar-refractivity contribution in [3.05, 3.63) is 48.4 Å². The molecule has 0 unspecified atom stereocenters. The Kier molecular flexibility index (Phi) is 2.86. The van der Waals surface area contributed by atoms with Gasteiger partial charge in [-0.1, -0.05) is 24.3 Å². The molecule has 0 saturated carbocycles. The van der Waals surface area contributed by atoms with Crippen LogP contribution in [0.5, 0.6) is 0 Å². The molecule has 1 N–H and O–H groups in total. The van der Waals surface area contributed by atoms with E-state index in [1.54, 1.807) is 10.7 Å². The molecule has 4 rings (SSSR count). The lowest BCUT2D eigenvalue weighted by atomic mass is 10.1. The van der Waals surface area contributed by atoms with E-state index in [-0.39, 0.29) is 0 Å². The summed E-state index contributed by atoms with van der Waals surface area (Å²) in [6.45, 7) is 0. The predicted octanol–water partition coefficient (Wildman–Crippen LogP) is 3.05. The average molecular weight is 298 g/mol. The van der Waals surface area contributed by atoms with E-state index in [4.69, 9.17) is 11.6 Å². The molecule has 0 amide bonds. The van der Waals surface area contributed by atoms with Gasteiger partial charge < -0.3 is 4.98 Å². The molecule has 104 valence electrons. The summed E-state index contributed by atoms with van der Waals surface area (Å²) in [7, 11) is 0. The smallest absolute Gasteiger partial charge is 0.252 e. The molecule has 6 heteroatoms. The van der Waals surface area contributed by atoms with Gasteiger partial charge in [-0.2, -0.15) is 14.6 Å². The van der Waals surface area contributed by atoms with E-state index in [1.165, 1.54) is 11.9 Å². The molecule has 1 aromatic carbocycles. The van der Waals surface area contributed by atoms with Gasteiger partial charge in [0.2, 0.25) is 0 Å². The van der Waals surface area contributed by atoms with E-state index in [1.807, 2.05) is 0 Å². The zero-order valence-electron chi connectivity index (χ0n) is 11.1. The number of hydrogen-bond acceptors (Lipinski definition) is 3. The van der Waals surface area contributed by atoms with Crippen LogP contribution in [0.2, 0.25) is 0 Å². The molecular weight excluding hydrogens is 286 g/mol. The second kappa shape index (κ2) is 4.86. The molecule has 21 heavy (non-hydrogen) atoms. The molecule has 3 aromatic heterocycles. The Hall–Kier alpha value is -2.40. The normalized spacial score (nSPS) is 11.5. The first-order chi connectivity index (χ1) is 10.3. The summed E-state index contributed by atoms with van der Waals surface area (Å²) < 4.78 is 1.73. The molecule has 0 aliphatic heterocycles. The van der Waals surface area contributed by atoms with Crippen LogP contribution in [-0.4, -0.2) is 30.4 Å². The Morgan fingerprint density at radius 2 is 2.00 bits per heavy atom. The summed E-state index contributed by atoms with van der Waals surface area (Å²) in [4.78, 5) is 11.7. The molecular formula is C15H12ClN5. The lowest BCUT2D eigenvalue weighted by molar-refractivity contribution is 0.984. The van der Waals surface area contributed by atoms with Gasteiger partial charge >= 0.3 is 0 Å². The van der Waals surface area contributed by atoms with Gasteiger partial charge in [0.1, 0.15) is 6.33 Å². The van der Waals surface area contributed by atoms with Gasteiger partial charge in [0.15, 0.2) is 0 Å². The molecule has 0 spiro atoms. The SMILES string of the molecule is ClCCc1ccc(-c2cc3c(cnc4ncnn43)[nH]2)cc1. The molecule has 0 fully saturated rings. The van der Waals surface area contributed by atoms with E-state index in [0.29, 0.717) is 11.7 Å². The molecule has 0 aliphatic carbocycles. The number of fused-ring (bicyclic) bond motifs is 3. The van der Waals surface area contributed by atoms with Crippen molar-refractivity contribution in [1.29, 1.82) is 0 Å². The number of nitrogens with one attached hydrogen (secondary N) is 1. The number of nitrogens with zero attached hydrogens (tertiary/aromatic N) is 4. The monoisotopic (exact) mass is 297 g/mol. The number of halogens is 1. The number of aromatic nitrogens is 5. The number of aromatic amines is 1. The van der Waals surface area contributed by atoms with Crippen molar-refractivity contribution in [3.63, 3.8) is 0 Å². The van der Waals surface area contributed by atoms with E-state index in [0.717, 1.165) is 28.7 Å². The summed E-state index contributed by atoms with van der Waals surface area (Å²) in [5.74, 6) is 1.24. The minimum atomic E-state index is 0.602. The molecule has 0 saturated heterocycles. The van der Waals surface area contributed by atoms with E-state index < -0.39 is 0 Å². The second-order valence-corrected chi connectivity index (χ2v) is 5.23. The molecule has 0 atom stereocenters. The minimum Gasteiger partial charge on any atom is -0.352 e. The Morgan fingerprint density at radius 1 is 1.14 bits per heavy atom. The third-order valence-corrected chi connectivity index (χ3v) is 3.73. The van der Waals surface area contributed by atoms with Crippen molar-refractivity contribution in [1.82, 2.24) is 24.6 Å². The van der Waals surface area contributed by atoms with Crippen molar-refractivity contribution in [2.24, 2.45) is 0 Å². The minimum absolute atomic E-state index is 0.602. The lowest BCUT2D eigenvalue weighted by Crippen LogP contribution is -1.90. The molecule has 3 heterocycles. The highest BCUT2D eigenvalue weighted by Crippen LogP contribution is 2.24. The number of alkyl halides is 1. The maximum absolute atomic E-state index is 5.76. The van der Waals surface area contributed by atoms with Crippen LogP contribution in [0.3, 0.4) is 0 Å². The molecule has 5 nitrogen and oxygen atoms in total. The number of H-pyrrole nitrogens is 1. The van der Waals surface area contributed by atoms with Crippen LogP contribution >= 0.6 is 11.6 Å². The number of hydrogen-bond donors (Lipinski definition) is 1. The van der Waals surface area contributed by atoms with Crippen LogP contribution in [-0.2, 0) is 6.42 Å². The van der Waals surface area contributed by atoms with E-state index >= 15 is 0 Å². The Balaban J connectivity index is 1.82. The van der Waals surface area contributed by atoms with Gasteiger partial charge in [-0.15, -0.1) is 11.6 Å². The summed E-state index contributed by atoms with van der Waals surface area (Å²) in [6, 6.07) is 10.5. The first-order valence-corrected chi connectivity index (χ1v) is 7.21. The molecule has 0 aliphatic rings. The average Bonchev–Trinajstić information content (AvgIpc) is 3.14. The third kappa shape index (κ3) is 2.06. The van der Waals surface area contributed by atoms with Gasteiger partial charge in [-0.3, -0.25) is 0 Å². The van der Waals surface area contributed by atoms with Crippen LogP contribution in [0.15, 0.2) is 42.9 Å². The number of aryl methyl sites for hydroxylation is 1. The van der Waals surface area contributed by atoms with Crippen LogP contribution in [0.1, 0.15) is 5.56 Å². The Morgan fingerprint density at radius 3 is 2.81 bits per heavy atom. The summed E-state index contributed by atoms with van der Waals surface area (Å²) >= 11 is 5.76. The highest BCUT2D eigenvalue weighted by atomic mass is 35.5. The molecule has 0 radical (unpaired) electrons. The zero-order valence-corrected chi connectivity index (χ0v) is 11.9. The fraction of sp³-hybridized carbons (Fsp3) is 0.133. The van der Waals surface area contributed by atoms with Crippen molar-refractivity contribution in [2.45, 2.75) is 6.42 Å². The van der Waals surface area contributed by atoms with Crippen LogP contribution in [0.4, 0.5) is 0 Å². The lowest BCUT2D eigenvalue weighted by Gasteiger charge is -2.00. The fourth-order valence-corrected chi connectivity index (χ4v) is 2.68. The topological polar surface area (TPSA) is 58.9 Å². The summed E-state index contributed by atoms with van der Waals surface area (Å²) in [5.41, 5.74) is 5.31. The summed E-state index contributed by atoms with van der Waals surface area (Å²) in [5, 5.41) is 4.20. The van der Waals surface area contributed by atoms with Gasteiger partial charge in [0.05, 0.1) is 17.2 Å². The molecule has 4 aromatic rings. The van der Waals surface area contributed by atoms with Crippen molar-refractivity contribution in [3.8, 4) is 11.3 Å². The van der Waals surface area contributed by atoms with E-state index in [2.05, 4.69) is 50.4 Å².